The molecule has 0 aliphatic carbocycles. The molecule has 0 aliphatic heterocycles. The molecule has 0 unspecified atom stereocenters. The van der Waals surface area contributed by atoms with E-state index in [4.69, 9.17) is 9.47 Å². The fraction of sp³-hybridized carbons (Fsp3) is 0.273. The molecule has 28 heavy (non-hydrogen) atoms. The second-order valence-corrected chi connectivity index (χ2v) is 7.13. The molecular weight excluding hydrogens is 420 g/mol. The number of aryl methyl sites for hydroxylation is 2. The van der Waals surface area contributed by atoms with Crippen molar-refractivity contribution in [1.82, 2.24) is 0 Å². The van der Waals surface area contributed by atoms with Crippen LogP contribution in [-0.4, -0.2) is 19.6 Å². The summed E-state index contributed by atoms with van der Waals surface area (Å²) in [6, 6.07) is 11.2. The maximum atomic E-state index is 12.6. The molecule has 0 saturated heterocycles. The van der Waals surface area contributed by atoms with Gasteiger partial charge in [0.05, 0.1) is 18.2 Å². The number of anilines is 1. The summed E-state index contributed by atoms with van der Waals surface area (Å²) >= 11 is 3.47. The number of carbonyl (C=O) groups is 1. The molecule has 0 radical (unpaired) electrons. The third-order valence-corrected chi connectivity index (χ3v) is 4.69. The van der Waals surface area contributed by atoms with Gasteiger partial charge in [0, 0.05) is 5.69 Å². The number of nitrogens with zero attached hydrogens (tertiary/aromatic N) is 1. The topological polar surface area (TPSA) is 71.3 Å². The van der Waals surface area contributed by atoms with Crippen molar-refractivity contribution in [3.05, 3.63) is 57.1 Å². The molecule has 5 nitrogen and oxygen atoms in total. The highest BCUT2D eigenvalue weighted by Crippen LogP contribution is 2.37. The molecule has 2 rings (SSSR count). The average Bonchev–Trinajstić information content (AvgIpc) is 2.67. The number of carbonyl (C=O) groups excluding carboxylic acids is 1. The van der Waals surface area contributed by atoms with Crippen molar-refractivity contribution in [2.75, 3.05) is 19.0 Å². The molecule has 0 atom stereocenters. The van der Waals surface area contributed by atoms with Gasteiger partial charge in [-0.05, 0) is 71.1 Å². The van der Waals surface area contributed by atoms with Crippen molar-refractivity contribution in [3.8, 4) is 17.6 Å². The fourth-order valence-electron chi connectivity index (χ4n) is 2.68. The summed E-state index contributed by atoms with van der Waals surface area (Å²) < 4.78 is 11.8. The Labute approximate surface area is 174 Å². The van der Waals surface area contributed by atoms with E-state index < -0.39 is 5.91 Å². The Hall–Kier alpha value is -2.78. The number of benzene rings is 2. The summed E-state index contributed by atoms with van der Waals surface area (Å²) in [6.07, 6.45) is 2.40. The molecule has 146 valence electrons. The van der Waals surface area contributed by atoms with Crippen LogP contribution in [0.2, 0.25) is 0 Å². The predicted molar refractivity (Wildman–Crippen MR) is 115 cm³/mol. The van der Waals surface area contributed by atoms with Gasteiger partial charge in [-0.2, -0.15) is 5.26 Å². The lowest BCUT2D eigenvalue weighted by Crippen LogP contribution is -2.15. The predicted octanol–water partition coefficient (Wildman–Crippen LogP) is 5.41. The number of nitrogens with one attached hydrogen (secondary N) is 1. The first-order chi connectivity index (χ1) is 13.4. The molecule has 0 bridgehead atoms. The number of amides is 1. The van der Waals surface area contributed by atoms with E-state index in [1.807, 2.05) is 45.0 Å². The standard InChI is InChI=1S/C22H23BrN2O3/c1-5-9-28-21-18(23)11-16(12-19(21)27-4)10-17(13-24)22(26)25-20-14(2)7-6-8-15(20)3/h6-8,10-12H,5,9H2,1-4H3,(H,25,26)/b17-10-. The van der Waals surface area contributed by atoms with E-state index >= 15 is 0 Å². The summed E-state index contributed by atoms with van der Waals surface area (Å²) in [5, 5.41) is 12.3. The molecule has 2 aromatic carbocycles. The van der Waals surface area contributed by atoms with Crippen LogP contribution in [-0.2, 0) is 4.79 Å². The van der Waals surface area contributed by atoms with Crippen LogP contribution in [0.3, 0.4) is 0 Å². The van der Waals surface area contributed by atoms with Gasteiger partial charge in [0.1, 0.15) is 11.6 Å². The van der Waals surface area contributed by atoms with Gasteiger partial charge in [0.15, 0.2) is 11.5 Å². The minimum atomic E-state index is -0.457. The van der Waals surface area contributed by atoms with Crippen LogP contribution in [0.4, 0.5) is 5.69 Å². The lowest BCUT2D eigenvalue weighted by molar-refractivity contribution is -0.112. The first kappa shape index (κ1) is 21.5. The van der Waals surface area contributed by atoms with Crippen LogP contribution in [0, 0.1) is 25.2 Å². The molecule has 1 N–H and O–H groups in total. The largest absolute Gasteiger partial charge is 0.493 e. The van der Waals surface area contributed by atoms with Gasteiger partial charge < -0.3 is 14.8 Å². The van der Waals surface area contributed by atoms with Crippen LogP contribution < -0.4 is 14.8 Å². The Morgan fingerprint density at radius 3 is 2.54 bits per heavy atom. The Morgan fingerprint density at radius 1 is 1.29 bits per heavy atom. The second kappa shape index (κ2) is 9.95. The van der Waals surface area contributed by atoms with E-state index in [0.29, 0.717) is 28.1 Å². The monoisotopic (exact) mass is 442 g/mol. The number of methoxy groups -OCH3 is 1. The second-order valence-electron chi connectivity index (χ2n) is 6.27. The van der Waals surface area contributed by atoms with E-state index in [0.717, 1.165) is 23.2 Å². The van der Waals surface area contributed by atoms with Crippen molar-refractivity contribution in [2.24, 2.45) is 0 Å². The third kappa shape index (κ3) is 5.14. The van der Waals surface area contributed by atoms with Crippen molar-refractivity contribution < 1.29 is 14.3 Å². The van der Waals surface area contributed by atoms with Crippen LogP contribution in [0.25, 0.3) is 6.08 Å². The van der Waals surface area contributed by atoms with Gasteiger partial charge in [-0.15, -0.1) is 0 Å². The fourth-order valence-corrected chi connectivity index (χ4v) is 3.25. The zero-order valence-electron chi connectivity index (χ0n) is 16.4. The minimum absolute atomic E-state index is 0.00108. The van der Waals surface area contributed by atoms with Crippen LogP contribution in [0.15, 0.2) is 40.4 Å². The molecule has 0 aromatic heterocycles. The molecular formula is C22H23BrN2O3. The molecule has 0 fully saturated rings. The number of para-hydroxylation sites is 1. The number of halogens is 1. The van der Waals surface area contributed by atoms with Crippen LogP contribution in [0.5, 0.6) is 11.5 Å². The molecule has 0 aliphatic rings. The SMILES string of the molecule is CCCOc1c(Br)cc(/C=C(/C#N)C(=O)Nc2c(C)cccc2C)cc1OC. The first-order valence-corrected chi connectivity index (χ1v) is 9.70. The molecule has 1 amide bonds. The lowest BCUT2D eigenvalue weighted by Gasteiger charge is -2.13. The van der Waals surface area contributed by atoms with E-state index in [9.17, 15) is 10.1 Å². The Morgan fingerprint density at radius 2 is 1.96 bits per heavy atom. The quantitative estimate of drug-likeness (QED) is 0.459. The van der Waals surface area contributed by atoms with Crippen molar-refractivity contribution in [3.63, 3.8) is 0 Å². The van der Waals surface area contributed by atoms with Gasteiger partial charge in [0.25, 0.3) is 5.91 Å². The van der Waals surface area contributed by atoms with E-state index in [-0.39, 0.29) is 5.57 Å². The van der Waals surface area contributed by atoms with Crippen LogP contribution >= 0.6 is 15.9 Å². The number of hydrogen-bond donors (Lipinski definition) is 1. The molecule has 0 spiro atoms. The van der Waals surface area contributed by atoms with Gasteiger partial charge in [-0.25, -0.2) is 0 Å². The normalized spacial score (nSPS) is 10.9. The third-order valence-electron chi connectivity index (χ3n) is 4.10. The molecule has 0 saturated carbocycles. The average molecular weight is 443 g/mol. The van der Waals surface area contributed by atoms with E-state index in [1.54, 1.807) is 19.2 Å². The summed E-state index contributed by atoms with van der Waals surface area (Å²) in [6.45, 7) is 6.40. The highest BCUT2D eigenvalue weighted by atomic mass is 79.9. The first-order valence-electron chi connectivity index (χ1n) is 8.91. The lowest BCUT2D eigenvalue weighted by atomic mass is 10.1. The Bertz CT molecular complexity index is 925. The van der Waals surface area contributed by atoms with Gasteiger partial charge in [0.2, 0.25) is 0 Å². The van der Waals surface area contributed by atoms with Crippen molar-refractivity contribution >= 4 is 33.6 Å². The zero-order valence-corrected chi connectivity index (χ0v) is 18.0. The van der Waals surface area contributed by atoms with E-state index in [1.165, 1.54) is 6.08 Å². The Kier molecular flexibility index (Phi) is 7.65. The molecule has 2 aromatic rings. The molecule has 0 heterocycles. The zero-order chi connectivity index (χ0) is 20.7. The van der Waals surface area contributed by atoms with Gasteiger partial charge in [-0.1, -0.05) is 25.1 Å². The van der Waals surface area contributed by atoms with Crippen molar-refractivity contribution in [1.29, 1.82) is 5.26 Å². The smallest absolute Gasteiger partial charge is 0.266 e. The summed E-state index contributed by atoms with van der Waals surface area (Å²) in [4.78, 5) is 12.6. The van der Waals surface area contributed by atoms with Crippen LogP contribution in [0.1, 0.15) is 30.0 Å². The number of hydrogen-bond acceptors (Lipinski definition) is 4. The van der Waals surface area contributed by atoms with Gasteiger partial charge in [-0.3, -0.25) is 4.79 Å². The number of rotatable bonds is 7. The Balaban J connectivity index is 2.34. The van der Waals surface area contributed by atoms with Crippen molar-refractivity contribution in [2.45, 2.75) is 27.2 Å². The number of nitriles is 1. The maximum Gasteiger partial charge on any atom is 0.266 e. The summed E-state index contributed by atoms with van der Waals surface area (Å²) in [7, 11) is 1.55. The highest BCUT2D eigenvalue weighted by molar-refractivity contribution is 9.10. The summed E-state index contributed by atoms with van der Waals surface area (Å²) in [5.41, 5.74) is 3.25. The van der Waals surface area contributed by atoms with E-state index in [2.05, 4.69) is 21.2 Å². The maximum absolute atomic E-state index is 12.6. The minimum Gasteiger partial charge on any atom is -0.493 e. The summed E-state index contributed by atoms with van der Waals surface area (Å²) in [5.74, 6) is 0.669. The van der Waals surface area contributed by atoms with Gasteiger partial charge >= 0.3 is 0 Å². The highest BCUT2D eigenvalue weighted by Gasteiger charge is 2.15. The molecule has 6 heteroatoms. The number of ether oxygens (including phenoxy) is 2.